The van der Waals surface area contributed by atoms with Crippen molar-refractivity contribution in [3.8, 4) is 0 Å². The molecule has 0 unspecified atom stereocenters. The smallest absolute Gasteiger partial charge is 0.263 e. The van der Waals surface area contributed by atoms with Crippen molar-refractivity contribution < 1.29 is 4.79 Å². The van der Waals surface area contributed by atoms with Crippen molar-refractivity contribution in [2.24, 2.45) is 11.1 Å². The van der Waals surface area contributed by atoms with Crippen LogP contribution in [0.15, 0.2) is 12.1 Å². The van der Waals surface area contributed by atoms with Gasteiger partial charge < -0.3 is 10.6 Å². The Bertz CT molecular complexity index is 385. The van der Waals surface area contributed by atoms with E-state index in [4.69, 9.17) is 5.73 Å². The summed E-state index contributed by atoms with van der Waals surface area (Å²) in [4.78, 5) is 16.0. The molecule has 1 amide bonds. The predicted molar refractivity (Wildman–Crippen MR) is 73.5 cm³/mol. The average Bonchev–Trinajstić information content (AvgIpc) is 2.76. The number of rotatable bonds is 5. The number of thiophene rings is 1. The van der Waals surface area contributed by atoms with Crippen LogP contribution >= 0.6 is 11.3 Å². The average molecular weight is 254 g/mol. The largest absolute Gasteiger partial charge is 0.340 e. The van der Waals surface area contributed by atoms with Crippen molar-refractivity contribution in [3.05, 3.63) is 21.9 Å². The van der Waals surface area contributed by atoms with E-state index in [1.54, 1.807) is 16.2 Å². The highest BCUT2D eigenvalue weighted by molar-refractivity contribution is 7.14. The zero-order valence-corrected chi connectivity index (χ0v) is 11.9. The van der Waals surface area contributed by atoms with Crippen molar-refractivity contribution in [1.29, 1.82) is 0 Å². The summed E-state index contributed by atoms with van der Waals surface area (Å²) in [6.07, 6.45) is 0.982. The van der Waals surface area contributed by atoms with E-state index in [0.717, 1.165) is 11.3 Å². The predicted octanol–water partition coefficient (Wildman–Crippen LogP) is 2.37. The molecule has 0 aromatic carbocycles. The minimum absolute atomic E-state index is 0.0325. The second kappa shape index (κ2) is 5.65. The van der Waals surface area contributed by atoms with Gasteiger partial charge in [0.1, 0.15) is 0 Å². The number of carbonyl (C=O) groups is 1. The van der Waals surface area contributed by atoms with Crippen LogP contribution in [0.3, 0.4) is 0 Å². The van der Waals surface area contributed by atoms with Gasteiger partial charge in [0.25, 0.3) is 5.91 Å². The lowest BCUT2D eigenvalue weighted by atomic mass is 9.93. The maximum absolute atomic E-state index is 12.2. The van der Waals surface area contributed by atoms with Crippen LogP contribution in [0.4, 0.5) is 0 Å². The Labute approximate surface area is 108 Å². The number of hydrogen-bond donors (Lipinski definition) is 1. The van der Waals surface area contributed by atoms with Crippen molar-refractivity contribution in [3.63, 3.8) is 0 Å². The highest BCUT2D eigenvalue weighted by Crippen LogP contribution is 2.20. The van der Waals surface area contributed by atoms with Gasteiger partial charge in [-0.25, -0.2) is 0 Å². The molecule has 17 heavy (non-hydrogen) atoms. The quantitative estimate of drug-likeness (QED) is 0.877. The van der Waals surface area contributed by atoms with Crippen molar-refractivity contribution in [1.82, 2.24) is 4.90 Å². The lowest BCUT2D eigenvalue weighted by Crippen LogP contribution is -2.39. The molecule has 1 aromatic rings. The van der Waals surface area contributed by atoms with Crippen LogP contribution in [0, 0.1) is 5.41 Å². The van der Waals surface area contributed by atoms with Gasteiger partial charge in [-0.3, -0.25) is 4.79 Å². The SMILES string of the molecule is CCc1ccc(C(=O)N(C)CC(C)(C)CN)s1. The first-order chi connectivity index (χ1) is 7.89. The van der Waals surface area contributed by atoms with Gasteiger partial charge in [-0.15, -0.1) is 11.3 Å². The first-order valence-corrected chi connectivity index (χ1v) is 6.75. The second-order valence-electron chi connectivity index (χ2n) is 5.15. The van der Waals surface area contributed by atoms with Gasteiger partial charge in [0.15, 0.2) is 0 Å². The molecular formula is C13H22N2OS. The Morgan fingerprint density at radius 1 is 1.47 bits per heavy atom. The lowest BCUT2D eigenvalue weighted by Gasteiger charge is -2.28. The Hall–Kier alpha value is -0.870. The molecule has 3 nitrogen and oxygen atoms in total. The molecule has 1 aromatic heterocycles. The first kappa shape index (κ1) is 14.2. The number of nitrogens with zero attached hydrogens (tertiary/aromatic N) is 1. The maximum Gasteiger partial charge on any atom is 0.263 e. The molecule has 2 N–H and O–H groups in total. The molecule has 0 aliphatic rings. The molecule has 0 saturated carbocycles. The summed E-state index contributed by atoms with van der Waals surface area (Å²) in [5.74, 6) is 0.0937. The van der Waals surface area contributed by atoms with Crippen LogP contribution in [0.2, 0.25) is 0 Å². The molecule has 1 heterocycles. The van der Waals surface area contributed by atoms with Crippen LogP contribution in [-0.4, -0.2) is 30.9 Å². The molecular weight excluding hydrogens is 232 g/mol. The maximum atomic E-state index is 12.2. The fraction of sp³-hybridized carbons (Fsp3) is 0.615. The molecule has 1 rings (SSSR count). The monoisotopic (exact) mass is 254 g/mol. The van der Waals surface area contributed by atoms with Crippen molar-refractivity contribution >= 4 is 17.2 Å². The fourth-order valence-electron chi connectivity index (χ4n) is 1.65. The van der Waals surface area contributed by atoms with Crippen LogP contribution < -0.4 is 5.73 Å². The third-order valence-electron chi connectivity index (χ3n) is 2.79. The van der Waals surface area contributed by atoms with Gasteiger partial charge in [0.05, 0.1) is 4.88 Å². The summed E-state index contributed by atoms with van der Waals surface area (Å²) < 4.78 is 0. The van der Waals surface area contributed by atoms with E-state index < -0.39 is 0 Å². The highest BCUT2D eigenvalue weighted by Gasteiger charge is 2.22. The van der Waals surface area contributed by atoms with Gasteiger partial charge in [-0.2, -0.15) is 0 Å². The van der Waals surface area contributed by atoms with E-state index in [-0.39, 0.29) is 11.3 Å². The molecule has 0 aliphatic carbocycles. The zero-order valence-electron chi connectivity index (χ0n) is 11.1. The third kappa shape index (κ3) is 3.82. The molecule has 0 spiro atoms. The van der Waals surface area contributed by atoms with Crippen molar-refractivity contribution in [2.75, 3.05) is 20.1 Å². The molecule has 4 heteroatoms. The standard InChI is InChI=1S/C13H22N2OS/c1-5-10-6-7-11(17-10)12(16)15(4)9-13(2,3)8-14/h6-7H,5,8-9,14H2,1-4H3. The Morgan fingerprint density at radius 3 is 2.59 bits per heavy atom. The Kier molecular flexibility index (Phi) is 4.71. The lowest BCUT2D eigenvalue weighted by molar-refractivity contribution is 0.0745. The number of amides is 1. The summed E-state index contributed by atoms with van der Waals surface area (Å²) in [6, 6.07) is 3.94. The summed E-state index contributed by atoms with van der Waals surface area (Å²) in [6.45, 7) is 7.50. The van der Waals surface area contributed by atoms with Crippen LogP contribution in [0.25, 0.3) is 0 Å². The summed E-state index contributed by atoms with van der Waals surface area (Å²) in [5.41, 5.74) is 5.65. The zero-order chi connectivity index (χ0) is 13.1. The fourth-order valence-corrected chi connectivity index (χ4v) is 2.59. The van der Waals surface area contributed by atoms with E-state index in [1.807, 2.05) is 19.2 Å². The summed E-state index contributed by atoms with van der Waals surface area (Å²) in [5, 5.41) is 0. The number of nitrogens with two attached hydrogens (primary N) is 1. The third-order valence-corrected chi connectivity index (χ3v) is 4.00. The van der Waals surface area contributed by atoms with E-state index in [2.05, 4.69) is 20.8 Å². The molecule has 96 valence electrons. The molecule has 0 fully saturated rings. The molecule has 0 aliphatic heterocycles. The molecule has 0 atom stereocenters. The number of aryl methyl sites for hydroxylation is 1. The van der Waals surface area contributed by atoms with Gasteiger partial charge in [-0.05, 0) is 30.5 Å². The summed E-state index contributed by atoms with van der Waals surface area (Å²) >= 11 is 1.58. The summed E-state index contributed by atoms with van der Waals surface area (Å²) in [7, 11) is 1.84. The minimum atomic E-state index is -0.0325. The molecule has 0 bridgehead atoms. The Morgan fingerprint density at radius 2 is 2.12 bits per heavy atom. The molecule has 0 radical (unpaired) electrons. The van der Waals surface area contributed by atoms with Gasteiger partial charge in [0.2, 0.25) is 0 Å². The van der Waals surface area contributed by atoms with Crippen LogP contribution in [0.5, 0.6) is 0 Å². The highest BCUT2D eigenvalue weighted by atomic mass is 32.1. The van der Waals surface area contributed by atoms with Crippen molar-refractivity contribution in [2.45, 2.75) is 27.2 Å². The molecule has 0 saturated heterocycles. The number of carbonyl (C=O) groups excluding carboxylic acids is 1. The van der Waals surface area contributed by atoms with Gasteiger partial charge in [0, 0.05) is 18.5 Å². The van der Waals surface area contributed by atoms with Gasteiger partial charge >= 0.3 is 0 Å². The second-order valence-corrected chi connectivity index (χ2v) is 6.32. The van der Waals surface area contributed by atoms with E-state index in [1.165, 1.54) is 4.88 Å². The van der Waals surface area contributed by atoms with E-state index in [9.17, 15) is 4.79 Å². The van der Waals surface area contributed by atoms with E-state index >= 15 is 0 Å². The number of hydrogen-bond acceptors (Lipinski definition) is 3. The van der Waals surface area contributed by atoms with Crippen LogP contribution in [0.1, 0.15) is 35.3 Å². The topological polar surface area (TPSA) is 46.3 Å². The normalized spacial score (nSPS) is 11.6. The van der Waals surface area contributed by atoms with Gasteiger partial charge in [-0.1, -0.05) is 20.8 Å². The van der Waals surface area contributed by atoms with E-state index in [0.29, 0.717) is 13.1 Å². The Balaban J connectivity index is 2.69. The minimum Gasteiger partial charge on any atom is -0.340 e. The first-order valence-electron chi connectivity index (χ1n) is 5.94. The van der Waals surface area contributed by atoms with Crippen LogP contribution in [-0.2, 0) is 6.42 Å².